The van der Waals surface area contributed by atoms with E-state index in [1.807, 2.05) is 21.1 Å². The molecule has 10 heteroatoms. The van der Waals surface area contributed by atoms with Gasteiger partial charge in [-0.1, -0.05) is 133 Å². The molecule has 0 saturated heterocycles. The lowest BCUT2D eigenvalue weighted by atomic mass is 10.1. The molecule has 0 amide bonds. The molecule has 54 heavy (non-hydrogen) atoms. The number of phosphoric ester groups is 1. The van der Waals surface area contributed by atoms with Crippen LogP contribution < -0.4 is 0 Å². The summed E-state index contributed by atoms with van der Waals surface area (Å²) in [6.07, 6.45) is 41.5. The van der Waals surface area contributed by atoms with Crippen LogP contribution in [0.4, 0.5) is 0 Å². The van der Waals surface area contributed by atoms with E-state index in [0.717, 1.165) is 70.6 Å². The third-order valence-electron chi connectivity index (χ3n) is 8.81. The summed E-state index contributed by atoms with van der Waals surface area (Å²) in [4.78, 5) is 35.3. The maximum atomic E-state index is 12.7. The zero-order chi connectivity index (χ0) is 40.0. The highest BCUT2D eigenvalue weighted by Crippen LogP contribution is 2.43. The SMILES string of the molecule is CCC/C=C/C/C=C/C/C=C/CCCCCCC(=O)OC[C@H](COP(=O)(O)OCC[N+](C)(C)C)OC(=O)CCCCCCCCC/C=C/CCCCCC. The Balaban J connectivity index is 4.43. The average molecular weight is 783 g/mol. The van der Waals surface area contributed by atoms with Gasteiger partial charge in [0.15, 0.2) is 6.10 Å². The molecule has 0 aliphatic carbocycles. The molecular formula is C44H81NO8P+. The molecule has 0 heterocycles. The van der Waals surface area contributed by atoms with Crippen molar-refractivity contribution in [2.45, 2.75) is 174 Å². The van der Waals surface area contributed by atoms with Gasteiger partial charge >= 0.3 is 19.8 Å². The number of nitrogens with zero attached hydrogens (tertiary/aromatic N) is 1. The summed E-state index contributed by atoms with van der Waals surface area (Å²) in [5, 5.41) is 0. The fourth-order valence-corrected chi connectivity index (χ4v) is 6.17. The van der Waals surface area contributed by atoms with Crippen molar-refractivity contribution in [3.8, 4) is 0 Å². The minimum Gasteiger partial charge on any atom is -0.462 e. The van der Waals surface area contributed by atoms with Crippen molar-refractivity contribution >= 4 is 19.8 Å². The Labute approximate surface area is 331 Å². The Morgan fingerprint density at radius 3 is 1.57 bits per heavy atom. The third-order valence-corrected chi connectivity index (χ3v) is 9.80. The van der Waals surface area contributed by atoms with E-state index in [1.165, 1.54) is 57.8 Å². The molecule has 0 fully saturated rings. The Morgan fingerprint density at radius 2 is 1.04 bits per heavy atom. The lowest BCUT2D eigenvalue weighted by Gasteiger charge is -2.24. The molecule has 1 unspecified atom stereocenters. The molecule has 9 nitrogen and oxygen atoms in total. The lowest BCUT2D eigenvalue weighted by molar-refractivity contribution is -0.870. The molecule has 314 valence electrons. The van der Waals surface area contributed by atoms with E-state index in [1.54, 1.807) is 0 Å². The second-order valence-electron chi connectivity index (χ2n) is 15.4. The standard InChI is InChI=1S/C44H80NO8P/c1-6-8-10-12-14-16-18-20-22-24-26-28-30-32-34-36-43(46)50-40-42(41-52-54(48,49)51-39-38-45(3,4)5)53-44(47)37-35-33-31-29-27-25-23-21-19-17-15-13-11-9-7-2/h10,12,16-19,22,24,42H,6-9,11,13-15,20-21,23,25-41H2,1-5H3/p+1/b12-10+,18-16+,19-17+,24-22+/t42-/m1/s1. The summed E-state index contributed by atoms with van der Waals surface area (Å²) in [7, 11) is 1.45. The molecule has 0 radical (unpaired) electrons. The average Bonchev–Trinajstić information content (AvgIpc) is 3.12. The van der Waals surface area contributed by atoms with Crippen LogP contribution in [0.1, 0.15) is 168 Å². The van der Waals surface area contributed by atoms with Gasteiger partial charge in [-0.2, -0.15) is 0 Å². The maximum Gasteiger partial charge on any atom is 0.472 e. The van der Waals surface area contributed by atoms with Gasteiger partial charge in [0.05, 0.1) is 27.7 Å². The van der Waals surface area contributed by atoms with E-state index < -0.39 is 32.5 Å². The third kappa shape index (κ3) is 39.7. The van der Waals surface area contributed by atoms with Gasteiger partial charge < -0.3 is 18.9 Å². The molecule has 2 atom stereocenters. The van der Waals surface area contributed by atoms with Crippen LogP contribution in [0.5, 0.6) is 0 Å². The minimum atomic E-state index is -4.38. The number of ether oxygens (including phenoxy) is 2. The Kier molecular flexibility index (Phi) is 35.2. The van der Waals surface area contributed by atoms with Gasteiger partial charge in [-0.15, -0.1) is 0 Å². The van der Waals surface area contributed by atoms with Crippen LogP contribution in [-0.4, -0.2) is 74.9 Å². The second-order valence-corrected chi connectivity index (χ2v) is 16.8. The molecule has 1 N–H and O–H groups in total. The van der Waals surface area contributed by atoms with Gasteiger partial charge in [0, 0.05) is 12.8 Å². The van der Waals surface area contributed by atoms with Crippen LogP contribution in [0, 0.1) is 0 Å². The van der Waals surface area contributed by atoms with Crippen LogP contribution >= 0.6 is 7.82 Å². The summed E-state index contributed by atoms with van der Waals surface area (Å²) in [5.74, 6) is -0.832. The van der Waals surface area contributed by atoms with E-state index in [-0.39, 0.29) is 26.1 Å². The molecular weight excluding hydrogens is 701 g/mol. The van der Waals surface area contributed by atoms with Gasteiger partial charge in [-0.05, 0) is 70.6 Å². The highest BCUT2D eigenvalue weighted by Gasteiger charge is 2.27. The number of esters is 2. The molecule has 0 rings (SSSR count). The summed E-state index contributed by atoms with van der Waals surface area (Å²) in [6.45, 7) is 4.30. The fourth-order valence-electron chi connectivity index (χ4n) is 5.43. The first-order valence-electron chi connectivity index (χ1n) is 21.4. The van der Waals surface area contributed by atoms with Crippen LogP contribution in [0.3, 0.4) is 0 Å². The first-order chi connectivity index (χ1) is 26.0. The molecule has 0 aromatic carbocycles. The number of quaternary nitrogens is 1. The predicted octanol–water partition coefficient (Wildman–Crippen LogP) is 11.9. The van der Waals surface area contributed by atoms with Gasteiger partial charge in [0.2, 0.25) is 0 Å². The number of carbonyl (C=O) groups excluding carboxylic acids is 2. The maximum absolute atomic E-state index is 12.7. The van der Waals surface area contributed by atoms with Gasteiger partial charge in [0.1, 0.15) is 19.8 Å². The molecule has 0 spiro atoms. The molecule has 0 aromatic rings. The summed E-state index contributed by atoms with van der Waals surface area (Å²) >= 11 is 0. The second kappa shape index (κ2) is 36.6. The highest BCUT2D eigenvalue weighted by molar-refractivity contribution is 7.47. The Bertz CT molecular complexity index is 1070. The van der Waals surface area contributed by atoms with Gasteiger partial charge in [0.25, 0.3) is 0 Å². The number of unbranched alkanes of at least 4 members (excludes halogenated alkanes) is 16. The Hall–Kier alpha value is -2.03. The normalized spacial score (nSPS) is 14.1. The van der Waals surface area contributed by atoms with E-state index in [0.29, 0.717) is 23.9 Å². The summed E-state index contributed by atoms with van der Waals surface area (Å²) in [6, 6.07) is 0. The van der Waals surface area contributed by atoms with Crippen molar-refractivity contribution in [2.24, 2.45) is 0 Å². The molecule has 0 aromatic heterocycles. The number of rotatable bonds is 38. The monoisotopic (exact) mass is 783 g/mol. The molecule has 0 bridgehead atoms. The van der Waals surface area contributed by atoms with Crippen molar-refractivity contribution in [2.75, 3.05) is 47.5 Å². The van der Waals surface area contributed by atoms with Gasteiger partial charge in [-0.25, -0.2) is 4.57 Å². The predicted molar refractivity (Wildman–Crippen MR) is 224 cm³/mol. The first kappa shape index (κ1) is 52.0. The largest absolute Gasteiger partial charge is 0.472 e. The summed E-state index contributed by atoms with van der Waals surface area (Å²) < 4.78 is 34.2. The number of allylic oxidation sites excluding steroid dienone is 8. The lowest BCUT2D eigenvalue weighted by Crippen LogP contribution is -2.37. The molecule has 0 saturated carbocycles. The van der Waals surface area contributed by atoms with Crippen molar-refractivity contribution in [3.63, 3.8) is 0 Å². The van der Waals surface area contributed by atoms with Crippen molar-refractivity contribution in [1.82, 2.24) is 0 Å². The van der Waals surface area contributed by atoms with Crippen LogP contribution in [0.25, 0.3) is 0 Å². The highest BCUT2D eigenvalue weighted by atomic mass is 31.2. The number of likely N-dealkylation sites (N-methyl/N-ethyl adjacent to an activating group) is 1. The number of carbonyl (C=O) groups is 2. The number of hydrogen-bond acceptors (Lipinski definition) is 7. The summed E-state index contributed by atoms with van der Waals surface area (Å²) in [5.41, 5.74) is 0. The van der Waals surface area contributed by atoms with E-state index in [9.17, 15) is 19.0 Å². The minimum absolute atomic E-state index is 0.0256. The molecule has 0 aliphatic rings. The van der Waals surface area contributed by atoms with Crippen LogP contribution in [0.2, 0.25) is 0 Å². The van der Waals surface area contributed by atoms with Crippen LogP contribution in [0.15, 0.2) is 48.6 Å². The van der Waals surface area contributed by atoms with Crippen LogP contribution in [-0.2, 0) is 32.7 Å². The van der Waals surface area contributed by atoms with Crippen molar-refractivity contribution < 1.29 is 42.1 Å². The first-order valence-corrected chi connectivity index (χ1v) is 22.9. The van der Waals surface area contributed by atoms with Crippen molar-refractivity contribution in [3.05, 3.63) is 48.6 Å². The number of hydrogen-bond donors (Lipinski definition) is 1. The zero-order valence-corrected chi connectivity index (χ0v) is 36.1. The smallest absolute Gasteiger partial charge is 0.462 e. The van der Waals surface area contributed by atoms with E-state index in [4.69, 9.17) is 18.5 Å². The van der Waals surface area contributed by atoms with E-state index >= 15 is 0 Å². The van der Waals surface area contributed by atoms with Crippen molar-refractivity contribution in [1.29, 1.82) is 0 Å². The Morgan fingerprint density at radius 1 is 0.574 bits per heavy atom. The topological polar surface area (TPSA) is 108 Å². The van der Waals surface area contributed by atoms with Gasteiger partial charge in [-0.3, -0.25) is 18.6 Å². The fraction of sp³-hybridized carbons (Fsp3) is 0.773. The zero-order valence-electron chi connectivity index (χ0n) is 35.2. The number of phosphoric acid groups is 1. The molecule has 0 aliphatic heterocycles. The van der Waals surface area contributed by atoms with E-state index in [2.05, 4.69) is 62.5 Å². The quantitative estimate of drug-likeness (QED) is 0.0217.